The fourth-order valence-electron chi connectivity index (χ4n) is 1.59. The van der Waals surface area contributed by atoms with E-state index in [2.05, 4.69) is 15.9 Å². The fourth-order valence-corrected chi connectivity index (χ4v) is 1.93. The average Bonchev–Trinajstić information content (AvgIpc) is 2.39. The van der Waals surface area contributed by atoms with Crippen molar-refractivity contribution in [3.63, 3.8) is 0 Å². The number of amidine groups is 1. The van der Waals surface area contributed by atoms with E-state index in [4.69, 9.17) is 21.0 Å². The van der Waals surface area contributed by atoms with Gasteiger partial charge in [-0.05, 0) is 35.9 Å². The second kappa shape index (κ2) is 5.86. The Bertz CT molecular complexity index is 597. The second-order valence-electron chi connectivity index (χ2n) is 3.96. The molecule has 0 unspecified atom stereocenters. The van der Waals surface area contributed by atoms with E-state index in [0.29, 0.717) is 17.1 Å². The van der Waals surface area contributed by atoms with Gasteiger partial charge >= 0.3 is 0 Å². The van der Waals surface area contributed by atoms with Crippen LogP contribution in [0.1, 0.15) is 11.1 Å². The molecule has 0 heterocycles. The van der Waals surface area contributed by atoms with E-state index in [1.165, 1.54) is 0 Å². The smallest absolute Gasteiger partial charge is 0.139 e. The molecule has 2 rings (SSSR count). The number of hydrogen-bond acceptors (Lipinski definition) is 3. The largest absolute Gasteiger partial charge is 0.457 e. The van der Waals surface area contributed by atoms with Crippen molar-refractivity contribution >= 4 is 21.8 Å². The summed E-state index contributed by atoms with van der Waals surface area (Å²) < 4.78 is 6.57. The Balaban J connectivity index is 2.31. The van der Waals surface area contributed by atoms with Crippen LogP contribution in [-0.2, 0) is 6.61 Å². The molecule has 5 heteroatoms. The van der Waals surface area contributed by atoms with E-state index in [1.807, 2.05) is 0 Å². The molecule has 19 heavy (non-hydrogen) atoms. The number of aliphatic hydroxyl groups excluding tert-OH is 1. The Kier molecular flexibility index (Phi) is 4.19. The Morgan fingerprint density at radius 1 is 1.21 bits per heavy atom. The summed E-state index contributed by atoms with van der Waals surface area (Å²) in [5.74, 6) is 1.09. The van der Waals surface area contributed by atoms with Gasteiger partial charge in [-0.2, -0.15) is 0 Å². The van der Waals surface area contributed by atoms with Crippen LogP contribution in [0.4, 0.5) is 0 Å². The first-order valence-corrected chi connectivity index (χ1v) is 6.41. The van der Waals surface area contributed by atoms with Crippen LogP contribution in [-0.4, -0.2) is 10.9 Å². The number of nitrogens with two attached hydrogens (primary N) is 1. The van der Waals surface area contributed by atoms with Gasteiger partial charge in [-0.15, -0.1) is 0 Å². The van der Waals surface area contributed by atoms with Crippen molar-refractivity contribution in [1.82, 2.24) is 0 Å². The maximum absolute atomic E-state index is 8.98. The van der Waals surface area contributed by atoms with Crippen LogP contribution in [0.15, 0.2) is 46.9 Å². The lowest BCUT2D eigenvalue weighted by atomic mass is 10.2. The molecule has 0 aliphatic rings. The Morgan fingerprint density at radius 3 is 2.47 bits per heavy atom. The molecule has 0 amide bonds. The summed E-state index contributed by atoms with van der Waals surface area (Å²) in [5.41, 5.74) is 6.87. The van der Waals surface area contributed by atoms with Gasteiger partial charge < -0.3 is 15.6 Å². The predicted molar refractivity (Wildman–Crippen MR) is 77.6 cm³/mol. The second-order valence-corrected chi connectivity index (χ2v) is 4.87. The molecular formula is C14H13BrN2O2. The van der Waals surface area contributed by atoms with Gasteiger partial charge in [0, 0.05) is 4.47 Å². The van der Waals surface area contributed by atoms with Crippen LogP contribution >= 0.6 is 15.9 Å². The molecular weight excluding hydrogens is 308 g/mol. The number of rotatable bonds is 4. The van der Waals surface area contributed by atoms with Crippen LogP contribution in [0.25, 0.3) is 0 Å². The zero-order valence-electron chi connectivity index (χ0n) is 10.1. The van der Waals surface area contributed by atoms with E-state index in [9.17, 15) is 0 Å². The molecule has 0 fully saturated rings. The van der Waals surface area contributed by atoms with Gasteiger partial charge in [0.25, 0.3) is 0 Å². The van der Waals surface area contributed by atoms with Gasteiger partial charge in [-0.1, -0.05) is 28.1 Å². The fraction of sp³-hybridized carbons (Fsp3) is 0.0714. The highest BCUT2D eigenvalue weighted by Crippen LogP contribution is 2.28. The number of ether oxygens (including phenoxy) is 1. The predicted octanol–water partition coefficient (Wildman–Crippen LogP) is 3.02. The number of nitrogens with one attached hydrogen (secondary N) is 1. The molecule has 2 aromatic carbocycles. The number of benzene rings is 2. The lowest BCUT2D eigenvalue weighted by Gasteiger charge is -2.11. The Labute approximate surface area is 119 Å². The summed E-state index contributed by atoms with van der Waals surface area (Å²) in [6, 6.07) is 12.4. The molecule has 0 atom stereocenters. The van der Waals surface area contributed by atoms with Crippen LogP contribution in [0.3, 0.4) is 0 Å². The molecule has 98 valence electrons. The van der Waals surface area contributed by atoms with Gasteiger partial charge in [0.1, 0.15) is 17.3 Å². The van der Waals surface area contributed by atoms with Crippen LogP contribution < -0.4 is 10.5 Å². The van der Waals surface area contributed by atoms with E-state index >= 15 is 0 Å². The molecule has 2 aromatic rings. The summed E-state index contributed by atoms with van der Waals surface area (Å²) in [6.07, 6.45) is 0. The van der Waals surface area contributed by atoms with Crippen molar-refractivity contribution in [1.29, 1.82) is 5.41 Å². The molecule has 0 aliphatic heterocycles. The van der Waals surface area contributed by atoms with Crippen LogP contribution in [0.2, 0.25) is 0 Å². The highest BCUT2D eigenvalue weighted by molar-refractivity contribution is 9.10. The minimum atomic E-state index is -0.0468. The third kappa shape index (κ3) is 3.33. The topological polar surface area (TPSA) is 79.3 Å². The summed E-state index contributed by atoms with van der Waals surface area (Å²) in [4.78, 5) is 0. The Morgan fingerprint density at radius 2 is 1.89 bits per heavy atom. The van der Waals surface area contributed by atoms with Gasteiger partial charge in [0.2, 0.25) is 0 Å². The minimum absolute atomic E-state index is 0.00411. The molecule has 0 aromatic heterocycles. The first kappa shape index (κ1) is 13.6. The van der Waals surface area contributed by atoms with Crippen molar-refractivity contribution in [2.75, 3.05) is 0 Å². The number of aliphatic hydroxyl groups is 1. The molecule has 0 aliphatic carbocycles. The van der Waals surface area contributed by atoms with Crippen LogP contribution in [0.5, 0.6) is 11.5 Å². The standard InChI is InChI=1S/C14H13BrN2O2/c15-10-3-6-12(14(16)17)13(7-10)19-11-4-1-9(8-18)2-5-11/h1-7,18H,8H2,(H3,16,17). The lowest BCUT2D eigenvalue weighted by Crippen LogP contribution is -2.12. The SMILES string of the molecule is N=C(N)c1ccc(Br)cc1Oc1ccc(CO)cc1. The van der Waals surface area contributed by atoms with E-state index < -0.39 is 0 Å². The van der Waals surface area contributed by atoms with Crippen molar-refractivity contribution in [3.05, 3.63) is 58.1 Å². The summed E-state index contributed by atoms with van der Waals surface area (Å²) in [7, 11) is 0. The van der Waals surface area contributed by atoms with E-state index in [1.54, 1.807) is 42.5 Å². The maximum Gasteiger partial charge on any atom is 0.139 e. The molecule has 0 radical (unpaired) electrons. The molecule has 4 nitrogen and oxygen atoms in total. The lowest BCUT2D eigenvalue weighted by molar-refractivity contribution is 0.281. The number of hydrogen-bond donors (Lipinski definition) is 3. The van der Waals surface area contributed by atoms with Gasteiger partial charge in [-0.25, -0.2) is 0 Å². The highest BCUT2D eigenvalue weighted by Gasteiger charge is 2.08. The minimum Gasteiger partial charge on any atom is -0.457 e. The van der Waals surface area contributed by atoms with Crippen molar-refractivity contribution in [3.8, 4) is 11.5 Å². The van der Waals surface area contributed by atoms with E-state index in [0.717, 1.165) is 10.0 Å². The first-order chi connectivity index (χ1) is 9.10. The van der Waals surface area contributed by atoms with Crippen molar-refractivity contribution in [2.45, 2.75) is 6.61 Å². The molecule has 0 bridgehead atoms. The quantitative estimate of drug-likeness (QED) is 0.598. The van der Waals surface area contributed by atoms with Crippen LogP contribution in [0, 0.1) is 5.41 Å². The third-order valence-corrected chi connectivity index (χ3v) is 3.06. The normalized spacial score (nSPS) is 10.2. The average molecular weight is 321 g/mol. The van der Waals surface area contributed by atoms with Gasteiger partial charge in [0.05, 0.1) is 12.2 Å². The zero-order chi connectivity index (χ0) is 13.8. The van der Waals surface area contributed by atoms with Gasteiger partial charge in [-0.3, -0.25) is 5.41 Å². The number of nitrogen functional groups attached to an aromatic ring is 1. The zero-order valence-corrected chi connectivity index (χ0v) is 11.6. The van der Waals surface area contributed by atoms with Crippen molar-refractivity contribution < 1.29 is 9.84 Å². The highest BCUT2D eigenvalue weighted by atomic mass is 79.9. The molecule has 4 N–H and O–H groups in total. The molecule has 0 spiro atoms. The summed E-state index contributed by atoms with van der Waals surface area (Å²) >= 11 is 3.36. The summed E-state index contributed by atoms with van der Waals surface area (Å²) in [5, 5.41) is 16.5. The summed E-state index contributed by atoms with van der Waals surface area (Å²) in [6.45, 7) is -0.00411. The monoisotopic (exact) mass is 320 g/mol. The first-order valence-electron chi connectivity index (χ1n) is 5.62. The van der Waals surface area contributed by atoms with Gasteiger partial charge in [0.15, 0.2) is 0 Å². The Hall–Kier alpha value is -1.85. The van der Waals surface area contributed by atoms with E-state index in [-0.39, 0.29) is 12.4 Å². The maximum atomic E-state index is 8.98. The molecule has 0 saturated carbocycles. The molecule has 0 saturated heterocycles. The third-order valence-electron chi connectivity index (χ3n) is 2.57. The number of halogens is 1. The van der Waals surface area contributed by atoms with Crippen molar-refractivity contribution in [2.24, 2.45) is 5.73 Å².